The first kappa shape index (κ1) is 12.1. The van der Waals surface area contributed by atoms with Crippen molar-refractivity contribution in [3.63, 3.8) is 0 Å². The Balaban J connectivity index is 2.04. The van der Waals surface area contributed by atoms with Crippen LogP contribution in [-0.4, -0.2) is 18.6 Å². The normalized spacial score (nSPS) is 20.1. The molecular weight excluding hydrogens is 216 g/mol. The van der Waals surface area contributed by atoms with Gasteiger partial charge in [-0.1, -0.05) is 13.8 Å². The van der Waals surface area contributed by atoms with Crippen molar-refractivity contribution in [1.82, 2.24) is 10.3 Å². The van der Waals surface area contributed by atoms with Gasteiger partial charge in [0, 0.05) is 11.3 Å². The number of rotatable bonds is 4. The summed E-state index contributed by atoms with van der Waals surface area (Å²) in [4.78, 5) is 6.34. The number of nitrogens with one attached hydrogen (secondary N) is 1. The maximum Gasteiger partial charge on any atom is 0.0933 e. The summed E-state index contributed by atoms with van der Waals surface area (Å²) >= 11 is 1.95. The number of hydrogen-bond acceptors (Lipinski definition) is 3. The van der Waals surface area contributed by atoms with Crippen molar-refractivity contribution in [3.8, 4) is 0 Å². The summed E-state index contributed by atoms with van der Waals surface area (Å²) in [5, 5.41) is 4.64. The molecular formula is C13H22N2S. The lowest BCUT2D eigenvalue weighted by Gasteiger charge is -2.20. The Hall–Kier alpha value is -0.410. The number of fused-ring (bicyclic) bond motifs is 1. The zero-order chi connectivity index (χ0) is 11.5. The monoisotopic (exact) mass is 238 g/mol. The molecule has 1 aliphatic rings. The molecule has 0 spiro atoms. The van der Waals surface area contributed by atoms with Gasteiger partial charge in [0.15, 0.2) is 0 Å². The quantitative estimate of drug-likeness (QED) is 0.872. The van der Waals surface area contributed by atoms with E-state index in [1.54, 1.807) is 4.88 Å². The first-order valence-electron chi connectivity index (χ1n) is 6.31. The van der Waals surface area contributed by atoms with E-state index in [1.807, 2.05) is 18.4 Å². The molecule has 1 atom stereocenters. The van der Waals surface area contributed by atoms with Crippen LogP contribution < -0.4 is 5.32 Å². The van der Waals surface area contributed by atoms with Gasteiger partial charge in [-0.2, -0.15) is 0 Å². The minimum absolute atomic E-state index is 0.723. The second kappa shape index (κ2) is 5.28. The van der Waals surface area contributed by atoms with Gasteiger partial charge >= 0.3 is 0 Å². The summed E-state index contributed by atoms with van der Waals surface area (Å²) in [6.07, 6.45) is 4.88. The van der Waals surface area contributed by atoms with Crippen molar-refractivity contribution >= 4 is 11.3 Å². The molecule has 0 radical (unpaired) electrons. The molecule has 16 heavy (non-hydrogen) atoms. The van der Waals surface area contributed by atoms with E-state index < -0.39 is 0 Å². The molecule has 0 fully saturated rings. The van der Waals surface area contributed by atoms with Crippen molar-refractivity contribution in [1.29, 1.82) is 0 Å². The number of thiazole rings is 1. The fraction of sp³-hybridized carbons (Fsp3) is 0.769. The van der Waals surface area contributed by atoms with Gasteiger partial charge in [0.05, 0.1) is 10.7 Å². The molecule has 0 aliphatic heterocycles. The van der Waals surface area contributed by atoms with Crippen LogP contribution in [0.4, 0.5) is 0 Å². The van der Waals surface area contributed by atoms with Crippen molar-refractivity contribution in [2.75, 3.05) is 13.6 Å². The van der Waals surface area contributed by atoms with Crippen LogP contribution in [0.5, 0.6) is 0 Å². The van der Waals surface area contributed by atoms with Crippen LogP contribution in [0.3, 0.4) is 0 Å². The van der Waals surface area contributed by atoms with E-state index in [2.05, 4.69) is 19.2 Å². The smallest absolute Gasteiger partial charge is 0.0933 e. The molecule has 1 aromatic heterocycles. The van der Waals surface area contributed by atoms with Crippen LogP contribution >= 0.6 is 11.3 Å². The minimum atomic E-state index is 0.723. The molecule has 1 aromatic rings. The average molecular weight is 238 g/mol. The van der Waals surface area contributed by atoms with Crippen LogP contribution in [0.25, 0.3) is 0 Å². The Bertz CT molecular complexity index is 344. The highest BCUT2D eigenvalue weighted by Crippen LogP contribution is 2.30. The Morgan fingerprint density at radius 1 is 1.50 bits per heavy atom. The average Bonchev–Trinajstić information content (AvgIpc) is 2.58. The van der Waals surface area contributed by atoms with Crippen molar-refractivity contribution in [3.05, 3.63) is 15.6 Å². The first-order valence-corrected chi connectivity index (χ1v) is 7.12. The Kier molecular flexibility index (Phi) is 3.98. The van der Waals surface area contributed by atoms with Gasteiger partial charge in [-0.05, 0) is 44.7 Å². The third-order valence-electron chi connectivity index (χ3n) is 3.16. The van der Waals surface area contributed by atoms with Crippen LogP contribution in [-0.2, 0) is 19.3 Å². The number of hydrogen-bond donors (Lipinski definition) is 1. The summed E-state index contributed by atoms with van der Waals surface area (Å²) in [6.45, 7) is 5.69. The zero-order valence-corrected chi connectivity index (χ0v) is 11.4. The zero-order valence-electron chi connectivity index (χ0n) is 10.5. The van der Waals surface area contributed by atoms with Gasteiger partial charge in [0.2, 0.25) is 0 Å². The summed E-state index contributed by atoms with van der Waals surface area (Å²) < 4.78 is 0. The molecule has 2 nitrogen and oxygen atoms in total. The van der Waals surface area contributed by atoms with Crippen LogP contribution in [0.15, 0.2) is 0 Å². The molecule has 0 aromatic carbocycles. The molecule has 1 heterocycles. The van der Waals surface area contributed by atoms with Crippen molar-refractivity contribution in [2.45, 2.75) is 39.5 Å². The van der Waals surface area contributed by atoms with Crippen LogP contribution in [0, 0.1) is 11.8 Å². The van der Waals surface area contributed by atoms with Crippen LogP contribution in [0.2, 0.25) is 0 Å². The second-order valence-corrected chi connectivity index (χ2v) is 6.41. The fourth-order valence-electron chi connectivity index (χ4n) is 2.40. The van der Waals surface area contributed by atoms with Gasteiger partial charge < -0.3 is 5.32 Å². The topological polar surface area (TPSA) is 24.9 Å². The third-order valence-corrected chi connectivity index (χ3v) is 4.30. The van der Waals surface area contributed by atoms with Gasteiger partial charge in [-0.25, -0.2) is 4.98 Å². The summed E-state index contributed by atoms with van der Waals surface area (Å²) in [7, 11) is 2.05. The maximum atomic E-state index is 4.78. The van der Waals surface area contributed by atoms with E-state index in [0.29, 0.717) is 0 Å². The molecule has 3 heteroatoms. The van der Waals surface area contributed by atoms with E-state index >= 15 is 0 Å². The highest BCUT2D eigenvalue weighted by atomic mass is 32.1. The van der Waals surface area contributed by atoms with Gasteiger partial charge in [-0.3, -0.25) is 0 Å². The van der Waals surface area contributed by atoms with E-state index in [1.165, 1.54) is 30.0 Å². The van der Waals surface area contributed by atoms with Gasteiger partial charge in [0.25, 0.3) is 0 Å². The maximum absolute atomic E-state index is 4.78. The molecule has 90 valence electrons. The first-order chi connectivity index (χ1) is 7.69. The van der Waals surface area contributed by atoms with Gasteiger partial charge in [0.1, 0.15) is 0 Å². The molecule has 1 aliphatic carbocycles. The SMILES string of the molecule is CNCC1CCc2nc(CC(C)C)sc2C1. The van der Waals surface area contributed by atoms with Crippen LogP contribution in [0.1, 0.15) is 35.8 Å². The molecule has 0 saturated carbocycles. The molecule has 0 amide bonds. The van der Waals surface area contributed by atoms with E-state index in [0.717, 1.165) is 24.8 Å². The largest absolute Gasteiger partial charge is 0.319 e. The highest BCUT2D eigenvalue weighted by Gasteiger charge is 2.22. The summed E-state index contributed by atoms with van der Waals surface area (Å²) in [5.41, 5.74) is 1.40. The molecule has 1 unspecified atom stereocenters. The molecule has 1 N–H and O–H groups in total. The summed E-state index contributed by atoms with van der Waals surface area (Å²) in [5.74, 6) is 1.55. The molecule has 0 saturated heterocycles. The Morgan fingerprint density at radius 2 is 2.31 bits per heavy atom. The third kappa shape index (κ3) is 2.83. The van der Waals surface area contributed by atoms with Gasteiger partial charge in [-0.15, -0.1) is 11.3 Å². The van der Waals surface area contributed by atoms with E-state index in [4.69, 9.17) is 4.98 Å². The van der Waals surface area contributed by atoms with E-state index in [9.17, 15) is 0 Å². The standard InChI is InChI=1S/C13H22N2S/c1-9(2)6-13-15-11-5-4-10(8-14-3)7-12(11)16-13/h9-10,14H,4-8H2,1-3H3. The number of aromatic nitrogens is 1. The Labute approximate surface area is 102 Å². The van der Waals surface area contributed by atoms with E-state index in [-0.39, 0.29) is 0 Å². The lowest BCUT2D eigenvalue weighted by atomic mass is 9.91. The molecule has 0 bridgehead atoms. The highest BCUT2D eigenvalue weighted by molar-refractivity contribution is 7.11. The second-order valence-electron chi connectivity index (χ2n) is 5.24. The lowest BCUT2D eigenvalue weighted by Crippen LogP contribution is -2.24. The number of aryl methyl sites for hydroxylation is 1. The predicted octanol–water partition coefficient (Wildman–Crippen LogP) is 2.67. The predicted molar refractivity (Wildman–Crippen MR) is 70.1 cm³/mol. The van der Waals surface area contributed by atoms with Crippen molar-refractivity contribution in [2.24, 2.45) is 11.8 Å². The number of nitrogens with zero attached hydrogens (tertiary/aromatic N) is 1. The fourth-order valence-corrected chi connectivity index (χ4v) is 3.84. The summed E-state index contributed by atoms with van der Waals surface area (Å²) in [6, 6.07) is 0. The lowest BCUT2D eigenvalue weighted by molar-refractivity contribution is 0.440. The minimum Gasteiger partial charge on any atom is -0.319 e. The Morgan fingerprint density at radius 3 is 3.00 bits per heavy atom. The molecule has 2 rings (SSSR count). The van der Waals surface area contributed by atoms with Crippen molar-refractivity contribution < 1.29 is 0 Å².